The molecule has 0 atom stereocenters. The molecule has 2 amide bonds. The Balaban J connectivity index is 1.66. The van der Waals surface area contributed by atoms with Crippen molar-refractivity contribution in [1.29, 1.82) is 0 Å². The van der Waals surface area contributed by atoms with Gasteiger partial charge in [0.2, 0.25) is 5.91 Å². The minimum atomic E-state index is -3.65. The van der Waals surface area contributed by atoms with Crippen molar-refractivity contribution in [2.45, 2.75) is 11.3 Å². The number of para-hydroxylation sites is 1. The first kappa shape index (κ1) is 23.3. The fraction of sp³-hybridized carbons (Fsp3) is 0.130. The molecular weight excluding hydrogens is 452 g/mol. The predicted octanol–water partition coefficient (Wildman–Crippen LogP) is 4.40. The van der Waals surface area contributed by atoms with Gasteiger partial charge in [-0.25, -0.2) is 8.42 Å². The highest BCUT2D eigenvalue weighted by molar-refractivity contribution is 7.91. The summed E-state index contributed by atoms with van der Waals surface area (Å²) in [4.78, 5) is 25.2. The first-order valence-corrected chi connectivity index (χ1v) is 11.6. The number of amides is 2. The van der Waals surface area contributed by atoms with Crippen molar-refractivity contribution in [2.75, 3.05) is 23.5 Å². The summed E-state index contributed by atoms with van der Waals surface area (Å²) in [5.41, 5.74) is 1.05. The Kier molecular flexibility index (Phi) is 7.50. The quantitative estimate of drug-likeness (QED) is 0.506. The maximum atomic E-state index is 12.7. The molecule has 0 unspecified atom stereocenters. The molecule has 0 heterocycles. The van der Waals surface area contributed by atoms with Crippen molar-refractivity contribution < 1.29 is 22.7 Å². The Hall–Kier alpha value is -3.36. The predicted molar refractivity (Wildman–Crippen MR) is 124 cm³/mol. The molecule has 0 fully saturated rings. The molecule has 32 heavy (non-hydrogen) atoms. The van der Waals surface area contributed by atoms with E-state index in [2.05, 4.69) is 10.6 Å². The number of sulfone groups is 1. The average Bonchev–Trinajstić information content (AvgIpc) is 2.78. The molecule has 2 N–H and O–H groups in total. The van der Waals surface area contributed by atoms with E-state index in [0.717, 1.165) is 0 Å². The summed E-state index contributed by atoms with van der Waals surface area (Å²) in [5.74, 6) is -0.739. The summed E-state index contributed by atoms with van der Waals surface area (Å²) in [6.07, 6.45) is -0.267. The van der Waals surface area contributed by atoms with Crippen LogP contribution < -0.4 is 15.4 Å². The van der Waals surface area contributed by atoms with Crippen LogP contribution >= 0.6 is 11.6 Å². The summed E-state index contributed by atoms with van der Waals surface area (Å²) >= 11 is 5.79. The Labute approximate surface area is 191 Å². The van der Waals surface area contributed by atoms with Gasteiger partial charge in [0.15, 0.2) is 9.84 Å². The number of carbonyl (C=O) groups is 2. The number of hydrogen-bond donors (Lipinski definition) is 2. The number of rotatable bonds is 8. The van der Waals surface area contributed by atoms with Crippen molar-refractivity contribution in [3.05, 3.63) is 83.4 Å². The molecule has 0 saturated heterocycles. The van der Waals surface area contributed by atoms with E-state index in [4.69, 9.17) is 16.3 Å². The van der Waals surface area contributed by atoms with E-state index in [9.17, 15) is 18.0 Å². The monoisotopic (exact) mass is 472 g/mol. The number of anilines is 2. The highest BCUT2D eigenvalue weighted by Gasteiger charge is 2.18. The van der Waals surface area contributed by atoms with Gasteiger partial charge in [0.25, 0.3) is 5.91 Å². The zero-order valence-corrected chi connectivity index (χ0v) is 18.7. The third kappa shape index (κ3) is 6.09. The number of halogens is 1. The van der Waals surface area contributed by atoms with Crippen LogP contribution in [0.25, 0.3) is 0 Å². The number of hydrogen-bond acceptors (Lipinski definition) is 5. The average molecular weight is 473 g/mol. The normalized spacial score (nSPS) is 10.9. The van der Waals surface area contributed by atoms with Crippen LogP contribution in [0.4, 0.5) is 11.4 Å². The topological polar surface area (TPSA) is 102 Å². The molecule has 3 rings (SSSR count). The van der Waals surface area contributed by atoms with E-state index < -0.39 is 21.7 Å². The van der Waals surface area contributed by atoms with Crippen molar-refractivity contribution in [2.24, 2.45) is 0 Å². The van der Waals surface area contributed by atoms with Crippen LogP contribution in [0.3, 0.4) is 0 Å². The highest BCUT2D eigenvalue weighted by Crippen LogP contribution is 2.21. The molecular formula is C23H21ClN2O5S. The molecule has 0 aromatic heterocycles. The molecule has 0 saturated carbocycles. The van der Waals surface area contributed by atoms with Gasteiger partial charge in [-0.15, -0.1) is 0 Å². The number of benzene rings is 3. The summed E-state index contributed by atoms with van der Waals surface area (Å²) in [7, 11) is -2.12. The summed E-state index contributed by atoms with van der Waals surface area (Å²) < 4.78 is 30.0. The number of ether oxygens (including phenoxy) is 1. The van der Waals surface area contributed by atoms with Crippen LogP contribution in [0, 0.1) is 0 Å². The third-order valence-corrected chi connectivity index (χ3v) is 6.53. The number of methoxy groups -OCH3 is 1. The zero-order valence-electron chi connectivity index (χ0n) is 17.2. The van der Waals surface area contributed by atoms with Gasteiger partial charge >= 0.3 is 0 Å². The lowest BCUT2D eigenvalue weighted by Gasteiger charge is -2.12. The van der Waals surface area contributed by atoms with Crippen LogP contribution in [0.15, 0.2) is 77.7 Å². The number of nitrogens with one attached hydrogen (secondary N) is 2. The largest absolute Gasteiger partial charge is 0.497 e. The Morgan fingerprint density at radius 2 is 1.66 bits per heavy atom. The third-order valence-electron chi connectivity index (χ3n) is 4.54. The number of carbonyl (C=O) groups excluding carboxylic acids is 2. The van der Waals surface area contributed by atoms with E-state index in [0.29, 0.717) is 16.5 Å². The molecule has 3 aromatic rings. The molecule has 0 aliphatic heterocycles. The first-order chi connectivity index (χ1) is 15.3. The molecule has 7 nitrogen and oxygen atoms in total. The second-order valence-electron chi connectivity index (χ2n) is 6.80. The van der Waals surface area contributed by atoms with Gasteiger partial charge in [-0.1, -0.05) is 29.8 Å². The van der Waals surface area contributed by atoms with Gasteiger partial charge in [0, 0.05) is 23.2 Å². The molecule has 3 aromatic carbocycles. The smallest absolute Gasteiger partial charge is 0.257 e. The minimum Gasteiger partial charge on any atom is -0.497 e. The van der Waals surface area contributed by atoms with Crippen LogP contribution in [-0.4, -0.2) is 33.1 Å². The van der Waals surface area contributed by atoms with E-state index >= 15 is 0 Å². The van der Waals surface area contributed by atoms with Crippen LogP contribution in [0.2, 0.25) is 5.02 Å². The van der Waals surface area contributed by atoms with E-state index in [1.807, 2.05) is 0 Å². The van der Waals surface area contributed by atoms with E-state index in [-0.39, 0.29) is 28.3 Å². The van der Waals surface area contributed by atoms with Crippen molar-refractivity contribution in [3.8, 4) is 5.75 Å². The van der Waals surface area contributed by atoms with Gasteiger partial charge in [-0.3, -0.25) is 9.59 Å². The van der Waals surface area contributed by atoms with E-state index in [1.165, 1.54) is 31.4 Å². The Morgan fingerprint density at radius 1 is 0.938 bits per heavy atom. The Morgan fingerprint density at radius 3 is 2.38 bits per heavy atom. The van der Waals surface area contributed by atoms with Gasteiger partial charge in [0.05, 0.1) is 29.0 Å². The lowest BCUT2D eigenvalue weighted by atomic mass is 10.1. The van der Waals surface area contributed by atoms with Crippen molar-refractivity contribution >= 4 is 44.6 Å². The summed E-state index contributed by atoms with van der Waals surface area (Å²) in [6.45, 7) is 0. The maximum absolute atomic E-state index is 12.7. The van der Waals surface area contributed by atoms with Crippen LogP contribution in [-0.2, 0) is 14.6 Å². The summed E-state index contributed by atoms with van der Waals surface area (Å²) in [5, 5.41) is 5.80. The fourth-order valence-electron chi connectivity index (χ4n) is 2.89. The summed E-state index contributed by atoms with van der Waals surface area (Å²) in [6, 6.07) is 19.1. The van der Waals surface area contributed by atoms with Gasteiger partial charge in [-0.2, -0.15) is 0 Å². The van der Waals surface area contributed by atoms with Gasteiger partial charge < -0.3 is 15.4 Å². The zero-order chi connectivity index (χ0) is 23.1. The van der Waals surface area contributed by atoms with E-state index in [1.54, 1.807) is 48.5 Å². The van der Waals surface area contributed by atoms with Crippen LogP contribution in [0.1, 0.15) is 16.8 Å². The molecule has 166 valence electrons. The second kappa shape index (κ2) is 10.3. The molecule has 0 spiro atoms. The minimum absolute atomic E-state index is 0.0905. The highest BCUT2D eigenvalue weighted by atomic mass is 35.5. The molecule has 0 aliphatic carbocycles. The first-order valence-electron chi connectivity index (χ1n) is 9.61. The maximum Gasteiger partial charge on any atom is 0.257 e. The van der Waals surface area contributed by atoms with Gasteiger partial charge in [0.1, 0.15) is 5.75 Å². The standard InChI is InChI=1S/C23H21ClN2O5S/c1-31-18-6-4-5-17(15-18)25-23(28)20-7-2-3-8-21(20)26-22(27)13-14-32(29,30)19-11-9-16(24)10-12-19/h2-12,15H,13-14H2,1H3,(H,25,28)(H,26,27). The SMILES string of the molecule is COc1cccc(NC(=O)c2ccccc2NC(=O)CCS(=O)(=O)c2ccc(Cl)cc2)c1. The lowest BCUT2D eigenvalue weighted by Crippen LogP contribution is -2.20. The van der Waals surface area contributed by atoms with Crippen molar-refractivity contribution in [1.82, 2.24) is 0 Å². The lowest BCUT2D eigenvalue weighted by molar-refractivity contribution is -0.115. The van der Waals surface area contributed by atoms with Crippen molar-refractivity contribution in [3.63, 3.8) is 0 Å². The molecule has 0 bridgehead atoms. The second-order valence-corrected chi connectivity index (χ2v) is 9.35. The molecule has 0 radical (unpaired) electrons. The Bertz CT molecular complexity index is 1230. The fourth-order valence-corrected chi connectivity index (χ4v) is 4.26. The molecule has 0 aliphatic rings. The van der Waals surface area contributed by atoms with Gasteiger partial charge in [-0.05, 0) is 48.5 Å². The van der Waals surface area contributed by atoms with Crippen LogP contribution in [0.5, 0.6) is 5.75 Å². The molecule has 9 heteroatoms.